The lowest BCUT2D eigenvalue weighted by atomic mass is 10.1. The molecule has 1 aliphatic rings. The van der Waals surface area contributed by atoms with E-state index in [4.69, 9.17) is 14.3 Å². The van der Waals surface area contributed by atoms with Crippen LogP contribution in [-0.4, -0.2) is 42.8 Å². The number of fused-ring (bicyclic) bond motifs is 1. The third-order valence-corrected chi connectivity index (χ3v) is 5.19. The Kier molecular flexibility index (Phi) is 11.1. The Labute approximate surface area is 200 Å². The van der Waals surface area contributed by atoms with E-state index in [-0.39, 0.29) is 11.9 Å². The van der Waals surface area contributed by atoms with Crippen molar-refractivity contribution in [3.05, 3.63) is 48.0 Å². The number of aryl methyl sites for hydroxylation is 1. The van der Waals surface area contributed by atoms with Gasteiger partial charge in [-0.3, -0.25) is 4.99 Å². The third kappa shape index (κ3) is 7.31. The summed E-state index contributed by atoms with van der Waals surface area (Å²) in [6.45, 7) is 13.1. The van der Waals surface area contributed by atoms with Crippen molar-refractivity contribution in [1.82, 2.24) is 9.97 Å². The van der Waals surface area contributed by atoms with Crippen molar-refractivity contribution in [2.24, 2.45) is 4.99 Å². The minimum Gasteiger partial charge on any atom is -0.486 e. The molecule has 182 valence electrons. The molecule has 34 heavy (non-hydrogen) atoms. The normalized spacial score (nSPS) is 14.4. The van der Waals surface area contributed by atoms with Crippen LogP contribution in [0.3, 0.4) is 0 Å². The first-order valence-electron chi connectivity index (χ1n) is 11.4. The van der Waals surface area contributed by atoms with Crippen LogP contribution in [0.4, 0.5) is 21.6 Å². The van der Waals surface area contributed by atoms with Crippen molar-refractivity contribution in [2.75, 3.05) is 18.5 Å². The fourth-order valence-corrected chi connectivity index (χ4v) is 3.52. The molecule has 8 heteroatoms. The maximum atomic E-state index is 13.8. The second kappa shape index (κ2) is 14.0. The number of halogens is 1. The van der Waals surface area contributed by atoms with E-state index in [0.29, 0.717) is 30.5 Å². The fourth-order valence-electron chi connectivity index (χ4n) is 3.52. The first-order chi connectivity index (χ1) is 16.5. The predicted molar refractivity (Wildman–Crippen MR) is 135 cm³/mol. The number of aliphatic imine (C=N–C) groups is 1. The highest BCUT2D eigenvalue weighted by Crippen LogP contribution is 2.34. The molecule has 0 radical (unpaired) electrons. The number of nitrogens with zero attached hydrogens (tertiary/aromatic N) is 3. The molecule has 0 saturated carbocycles. The average molecular weight is 469 g/mol. The number of carbonyl (C=O) groups is 1. The van der Waals surface area contributed by atoms with Crippen LogP contribution in [0.1, 0.15) is 45.1 Å². The van der Waals surface area contributed by atoms with Crippen LogP contribution in [0, 0.1) is 12.7 Å². The van der Waals surface area contributed by atoms with E-state index in [2.05, 4.69) is 40.8 Å². The number of anilines is 2. The molecule has 1 unspecified atom stereocenters. The van der Waals surface area contributed by atoms with Gasteiger partial charge in [0, 0.05) is 17.9 Å². The van der Waals surface area contributed by atoms with E-state index in [1.807, 2.05) is 25.8 Å². The number of aromatic nitrogens is 2. The highest BCUT2D eigenvalue weighted by Gasteiger charge is 2.20. The number of benzene rings is 2. The summed E-state index contributed by atoms with van der Waals surface area (Å²) in [7, 11) is 0. The van der Waals surface area contributed by atoms with E-state index in [1.165, 1.54) is 37.7 Å². The minimum absolute atomic E-state index is 0.0857. The van der Waals surface area contributed by atoms with Crippen molar-refractivity contribution < 1.29 is 18.7 Å². The Hall–Kier alpha value is -3.39. The van der Waals surface area contributed by atoms with E-state index in [1.54, 1.807) is 6.07 Å². The van der Waals surface area contributed by atoms with Crippen LogP contribution in [0.25, 0.3) is 10.9 Å². The van der Waals surface area contributed by atoms with Gasteiger partial charge in [-0.25, -0.2) is 14.4 Å². The molecule has 1 atom stereocenters. The highest BCUT2D eigenvalue weighted by molar-refractivity contribution is 5.95. The first-order valence-corrected chi connectivity index (χ1v) is 11.4. The van der Waals surface area contributed by atoms with Crippen LogP contribution in [0.5, 0.6) is 5.75 Å². The quantitative estimate of drug-likeness (QED) is 0.408. The van der Waals surface area contributed by atoms with E-state index in [9.17, 15) is 4.39 Å². The Balaban J connectivity index is 0.000000520. The summed E-state index contributed by atoms with van der Waals surface area (Å²) in [5, 5.41) is 4.13. The summed E-state index contributed by atoms with van der Waals surface area (Å²) in [6.07, 6.45) is 6.25. The summed E-state index contributed by atoms with van der Waals surface area (Å²) in [4.78, 5) is 20.7. The van der Waals surface area contributed by atoms with Crippen molar-refractivity contribution in [3.63, 3.8) is 0 Å². The molecule has 1 aromatic heterocycles. The lowest BCUT2D eigenvalue weighted by Crippen LogP contribution is -2.16. The zero-order valence-electron chi connectivity index (χ0n) is 20.1. The maximum absolute atomic E-state index is 13.8. The number of nitrogens with one attached hydrogen (secondary N) is 1. The van der Waals surface area contributed by atoms with Crippen molar-refractivity contribution in [1.29, 1.82) is 0 Å². The van der Waals surface area contributed by atoms with Gasteiger partial charge in [0.25, 0.3) is 0 Å². The molecule has 1 fully saturated rings. The molecular formula is C26H33FN4O3. The zero-order valence-corrected chi connectivity index (χ0v) is 20.1. The SMILES string of the molecule is C=Nc1cc(C)c2c(Nc3ccc(F)cc3OC3CCOC3)ncnc2c1.C=O.CCCCC. The number of ether oxygens (including phenoxy) is 2. The van der Waals surface area contributed by atoms with E-state index >= 15 is 0 Å². The van der Waals surface area contributed by atoms with Crippen LogP contribution in [0.15, 0.2) is 41.7 Å². The highest BCUT2D eigenvalue weighted by atomic mass is 19.1. The lowest BCUT2D eigenvalue weighted by molar-refractivity contribution is -0.0980. The maximum Gasteiger partial charge on any atom is 0.146 e. The predicted octanol–water partition coefficient (Wildman–Crippen LogP) is 6.33. The molecule has 1 N–H and O–H groups in total. The Morgan fingerprint density at radius 2 is 1.97 bits per heavy atom. The smallest absolute Gasteiger partial charge is 0.146 e. The molecule has 1 aliphatic heterocycles. The fraction of sp³-hybridized carbons (Fsp3) is 0.385. The molecular weight excluding hydrogens is 435 g/mol. The summed E-state index contributed by atoms with van der Waals surface area (Å²) >= 11 is 0. The molecule has 2 heterocycles. The van der Waals surface area contributed by atoms with Crippen LogP contribution in [0.2, 0.25) is 0 Å². The van der Waals surface area contributed by atoms with Gasteiger partial charge in [0.1, 0.15) is 36.6 Å². The van der Waals surface area contributed by atoms with E-state index < -0.39 is 0 Å². The number of unbranched alkanes of at least 4 members (excludes halogenated alkanes) is 2. The van der Waals surface area contributed by atoms with Crippen LogP contribution >= 0.6 is 0 Å². The second-order valence-corrected chi connectivity index (χ2v) is 7.76. The molecule has 2 aromatic carbocycles. The zero-order chi connectivity index (χ0) is 24.9. The Morgan fingerprint density at radius 1 is 1.21 bits per heavy atom. The Bertz CT molecular complexity index is 1070. The molecule has 1 saturated heterocycles. The van der Waals surface area contributed by atoms with Gasteiger partial charge in [-0.05, 0) is 43.5 Å². The molecule has 7 nitrogen and oxygen atoms in total. The minimum atomic E-state index is -0.361. The van der Waals surface area contributed by atoms with Gasteiger partial charge in [-0.2, -0.15) is 0 Å². The number of rotatable bonds is 7. The first kappa shape index (κ1) is 26.9. The largest absolute Gasteiger partial charge is 0.486 e. The molecule has 0 bridgehead atoms. The van der Waals surface area contributed by atoms with Crippen molar-refractivity contribution in [3.8, 4) is 5.75 Å². The molecule has 0 spiro atoms. The van der Waals surface area contributed by atoms with Gasteiger partial charge in [-0.15, -0.1) is 0 Å². The Morgan fingerprint density at radius 3 is 2.59 bits per heavy atom. The lowest BCUT2D eigenvalue weighted by Gasteiger charge is -2.17. The van der Waals surface area contributed by atoms with Gasteiger partial charge in [0.05, 0.1) is 30.1 Å². The van der Waals surface area contributed by atoms with Crippen molar-refractivity contribution >= 4 is 41.6 Å². The van der Waals surface area contributed by atoms with Gasteiger partial charge >= 0.3 is 0 Å². The van der Waals surface area contributed by atoms with E-state index in [0.717, 1.165) is 28.6 Å². The van der Waals surface area contributed by atoms with Crippen LogP contribution in [-0.2, 0) is 9.53 Å². The van der Waals surface area contributed by atoms with Gasteiger partial charge in [0.15, 0.2) is 0 Å². The monoisotopic (exact) mass is 468 g/mol. The summed E-state index contributed by atoms with van der Waals surface area (Å²) in [6, 6.07) is 8.16. The van der Waals surface area contributed by atoms with Gasteiger partial charge < -0.3 is 19.6 Å². The third-order valence-electron chi connectivity index (χ3n) is 5.19. The summed E-state index contributed by atoms with van der Waals surface area (Å²) in [5.41, 5.74) is 3.10. The molecule has 4 rings (SSSR count). The number of hydrogen-bond acceptors (Lipinski definition) is 7. The average Bonchev–Trinajstić information content (AvgIpc) is 3.36. The number of carbonyl (C=O) groups excluding carboxylic acids is 1. The summed E-state index contributed by atoms with van der Waals surface area (Å²) in [5.74, 6) is 0.687. The summed E-state index contributed by atoms with van der Waals surface area (Å²) < 4.78 is 25.1. The molecule has 0 aliphatic carbocycles. The van der Waals surface area contributed by atoms with Crippen LogP contribution < -0.4 is 10.1 Å². The van der Waals surface area contributed by atoms with Gasteiger partial charge in [0.2, 0.25) is 0 Å². The standard InChI is InChI=1S/C20H19FN4O2.C5H12.CH2O/c1-12-7-14(22-2)9-17-19(12)20(24-11-23-17)25-16-4-3-13(21)8-18(16)27-15-5-6-26-10-15;1-3-5-4-2;1-2/h3-4,7-9,11,15H,2,5-6,10H2,1H3,(H,23,24,25);3-5H2,1-2H3;1H2. The van der Waals surface area contributed by atoms with Gasteiger partial charge in [-0.1, -0.05) is 33.1 Å². The topological polar surface area (TPSA) is 85.7 Å². The second-order valence-electron chi connectivity index (χ2n) is 7.76. The van der Waals surface area contributed by atoms with Crippen molar-refractivity contribution in [2.45, 2.75) is 52.6 Å². The number of hydrogen-bond donors (Lipinski definition) is 1. The molecule has 3 aromatic rings. The molecule has 0 amide bonds.